The number of benzene rings is 4. The van der Waals surface area contributed by atoms with E-state index in [2.05, 4.69) is 11.2 Å². The first-order valence-electron chi connectivity index (χ1n) is 12.8. The van der Waals surface area contributed by atoms with Crippen LogP contribution in [0.15, 0.2) is 96.2 Å². The van der Waals surface area contributed by atoms with Gasteiger partial charge in [-0.05, 0) is 73.0 Å². The van der Waals surface area contributed by atoms with Crippen molar-refractivity contribution < 1.29 is 24.5 Å². The van der Waals surface area contributed by atoms with Crippen LogP contribution in [0.5, 0.6) is 17.2 Å². The number of nitrogens with one attached hydrogen (secondary N) is 1. The molecule has 1 aliphatic rings. The van der Waals surface area contributed by atoms with E-state index < -0.39 is 11.4 Å². The Morgan fingerprint density at radius 2 is 1.77 bits per heavy atom. The molecule has 200 valence electrons. The molecule has 6 heteroatoms. The van der Waals surface area contributed by atoms with Crippen molar-refractivity contribution in [3.8, 4) is 40.7 Å². The number of aromatic hydroxyl groups is 2. The molecule has 4 aromatic rings. The number of carbonyl (C=O) groups excluding carboxylic acids is 1. The molecule has 4 aromatic carbocycles. The Morgan fingerprint density at radius 3 is 2.52 bits per heavy atom. The second kappa shape index (κ2) is 10.5. The van der Waals surface area contributed by atoms with Gasteiger partial charge in [-0.15, -0.1) is 6.42 Å². The van der Waals surface area contributed by atoms with Gasteiger partial charge in [0.1, 0.15) is 23.9 Å². The molecule has 0 radical (unpaired) electrons. The fourth-order valence-electron chi connectivity index (χ4n) is 5.49. The Bertz CT molecular complexity index is 1700. The molecule has 3 N–H and O–H groups in total. The van der Waals surface area contributed by atoms with Crippen molar-refractivity contribution in [2.75, 3.05) is 12.4 Å². The standard InChI is InChI=1S/C34H29NO5/c1-5-22-10-8-11-23(16-22)20-40-33(38)31-21(2)35-28-17-24(27-14-6-7-15-30(27)39-4)18-29(37)32(28)34(31,3)25-12-9-13-26(36)19-25/h1,6-19,35-37H,20H2,2-4H3/t34-/m0/s1. The average molecular weight is 532 g/mol. The van der Waals surface area contributed by atoms with E-state index in [9.17, 15) is 15.0 Å². The Morgan fingerprint density at radius 1 is 1.00 bits per heavy atom. The number of ether oxygens (including phenoxy) is 2. The Labute approximate surface area is 233 Å². The molecule has 0 fully saturated rings. The van der Waals surface area contributed by atoms with E-state index in [0.717, 1.165) is 16.7 Å². The highest BCUT2D eigenvalue weighted by molar-refractivity contribution is 5.97. The van der Waals surface area contributed by atoms with Crippen molar-refractivity contribution in [2.24, 2.45) is 0 Å². The highest BCUT2D eigenvalue weighted by Gasteiger charge is 2.46. The van der Waals surface area contributed by atoms with Gasteiger partial charge in [-0.25, -0.2) is 4.79 Å². The van der Waals surface area contributed by atoms with Crippen molar-refractivity contribution in [3.63, 3.8) is 0 Å². The number of phenolic OH excluding ortho intramolecular Hbond substituents is 2. The number of rotatable bonds is 6. The van der Waals surface area contributed by atoms with Crippen LogP contribution in [-0.4, -0.2) is 23.3 Å². The van der Waals surface area contributed by atoms with Crippen molar-refractivity contribution >= 4 is 11.7 Å². The number of anilines is 1. The average Bonchev–Trinajstić information content (AvgIpc) is 2.95. The summed E-state index contributed by atoms with van der Waals surface area (Å²) in [6, 6.07) is 25.1. The lowest BCUT2D eigenvalue weighted by Crippen LogP contribution is -2.37. The minimum absolute atomic E-state index is 0.0173. The maximum absolute atomic E-state index is 13.8. The fourth-order valence-corrected chi connectivity index (χ4v) is 5.49. The largest absolute Gasteiger partial charge is 0.508 e. The molecule has 0 spiro atoms. The van der Waals surface area contributed by atoms with Crippen LogP contribution in [0.1, 0.15) is 36.1 Å². The molecule has 1 aliphatic heterocycles. The smallest absolute Gasteiger partial charge is 0.337 e. The number of para-hydroxylation sites is 1. The zero-order chi connectivity index (χ0) is 28.4. The molecule has 0 aliphatic carbocycles. The van der Waals surface area contributed by atoms with Crippen LogP contribution in [-0.2, 0) is 21.6 Å². The molecule has 40 heavy (non-hydrogen) atoms. The third-order valence-electron chi connectivity index (χ3n) is 7.32. The Balaban J connectivity index is 1.63. The molecule has 0 bridgehead atoms. The summed E-state index contributed by atoms with van der Waals surface area (Å²) in [5, 5.41) is 25.2. The van der Waals surface area contributed by atoms with Gasteiger partial charge in [0.25, 0.3) is 0 Å². The molecule has 1 atom stereocenters. The van der Waals surface area contributed by atoms with Crippen LogP contribution in [0.4, 0.5) is 5.69 Å². The predicted octanol–water partition coefficient (Wildman–Crippen LogP) is 6.50. The van der Waals surface area contributed by atoms with Crippen LogP contribution < -0.4 is 10.1 Å². The van der Waals surface area contributed by atoms with Gasteiger partial charge < -0.3 is 25.0 Å². The molecule has 0 saturated carbocycles. The summed E-state index contributed by atoms with van der Waals surface area (Å²) in [6.45, 7) is 3.67. The third kappa shape index (κ3) is 4.63. The fraction of sp³-hybridized carbons (Fsp3) is 0.147. The minimum Gasteiger partial charge on any atom is -0.508 e. The maximum atomic E-state index is 13.8. The first-order chi connectivity index (χ1) is 19.3. The second-order valence-electron chi connectivity index (χ2n) is 9.84. The van der Waals surface area contributed by atoms with Crippen molar-refractivity contribution in [3.05, 3.63) is 118 Å². The SMILES string of the molecule is C#Cc1cccc(COC(=O)C2=C(C)Nc3cc(-c4ccccc4OC)cc(O)c3[C@@]2(C)c2cccc(O)c2)c1. The van der Waals surface area contributed by atoms with Crippen LogP contribution in [0, 0.1) is 12.3 Å². The normalized spacial score (nSPS) is 15.9. The summed E-state index contributed by atoms with van der Waals surface area (Å²) in [6.07, 6.45) is 5.52. The molecule has 0 amide bonds. The monoisotopic (exact) mass is 531 g/mol. The molecule has 6 nitrogen and oxygen atoms in total. The molecule has 0 saturated heterocycles. The number of esters is 1. The topological polar surface area (TPSA) is 88.0 Å². The number of terminal acetylenes is 1. The summed E-state index contributed by atoms with van der Waals surface area (Å²) >= 11 is 0. The third-order valence-corrected chi connectivity index (χ3v) is 7.32. The van der Waals surface area contributed by atoms with Crippen LogP contribution in [0.3, 0.4) is 0 Å². The first-order valence-corrected chi connectivity index (χ1v) is 12.8. The van der Waals surface area contributed by atoms with E-state index >= 15 is 0 Å². The van der Waals surface area contributed by atoms with Crippen molar-refractivity contribution in [2.45, 2.75) is 25.9 Å². The van der Waals surface area contributed by atoms with Gasteiger partial charge in [0, 0.05) is 28.1 Å². The van der Waals surface area contributed by atoms with Crippen molar-refractivity contribution in [1.29, 1.82) is 0 Å². The van der Waals surface area contributed by atoms with E-state index in [0.29, 0.717) is 39.4 Å². The lowest BCUT2D eigenvalue weighted by atomic mass is 9.67. The summed E-state index contributed by atoms with van der Waals surface area (Å²) in [4.78, 5) is 13.8. The summed E-state index contributed by atoms with van der Waals surface area (Å²) in [5.74, 6) is 2.72. The van der Waals surface area contributed by atoms with Crippen LogP contribution in [0.25, 0.3) is 11.1 Å². The van der Waals surface area contributed by atoms with Gasteiger partial charge in [-0.3, -0.25) is 0 Å². The van der Waals surface area contributed by atoms with Gasteiger partial charge in [-0.1, -0.05) is 48.4 Å². The molecule has 0 aromatic heterocycles. The van der Waals surface area contributed by atoms with Gasteiger partial charge in [0.15, 0.2) is 0 Å². The lowest BCUT2D eigenvalue weighted by molar-refractivity contribution is -0.141. The lowest BCUT2D eigenvalue weighted by Gasteiger charge is -2.39. The number of fused-ring (bicyclic) bond motifs is 1. The highest BCUT2D eigenvalue weighted by atomic mass is 16.5. The second-order valence-corrected chi connectivity index (χ2v) is 9.84. The van der Waals surface area contributed by atoms with Gasteiger partial charge in [0.05, 0.1) is 18.1 Å². The molecule has 5 rings (SSSR count). The summed E-state index contributed by atoms with van der Waals surface area (Å²) < 4.78 is 11.3. The number of allylic oxidation sites excluding steroid dienone is 1. The van der Waals surface area contributed by atoms with E-state index in [-0.39, 0.29) is 18.1 Å². The maximum Gasteiger partial charge on any atom is 0.337 e. The highest BCUT2D eigenvalue weighted by Crippen LogP contribution is 2.52. The van der Waals surface area contributed by atoms with Crippen molar-refractivity contribution in [1.82, 2.24) is 0 Å². The quantitative estimate of drug-likeness (QED) is 0.194. The van der Waals surface area contributed by atoms with E-state index in [4.69, 9.17) is 15.9 Å². The number of phenols is 2. The summed E-state index contributed by atoms with van der Waals surface area (Å²) in [7, 11) is 1.60. The molecular weight excluding hydrogens is 502 g/mol. The molecule has 1 heterocycles. The minimum atomic E-state index is -1.16. The molecule has 0 unspecified atom stereocenters. The molecular formula is C34H29NO5. The van der Waals surface area contributed by atoms with Crippen LogP contribution >= 0.6 is 0 Å². The predicted molar refractivity (Wildman–Crippen MR) is 155 cm³/mol. The number of hydrogen-bond acceptors (Lipinski definition) is 6. The van der Waals surface area contributed by atoms with Gasteiger partial charge >= 0.3 is 5.97 Å². The zero-order valence-electron chi connectivity index (χ0n) is 22.5. The first kappa shape index (κ1) is 26.5. The Hall–Kier alpha value is -5.15. The Kier molecular flexibility index (Phi) is 6.98. The number of methoxy groups -OCH3 is 1. The van der Waals surface area contributed by atoms with E-state index in [1.807, 2.05) is 55.5 Å². The van der Waals surface area contributed by atoms with Gasteiger partial charge in [0.2, 0.25) is 0 Å². The van der Waals surface area contributed by atoms with E-state index in [1.54, 1.807) is 50.4 Å². The van der Waals surface area contributed by atoms with Crippen LogP contribution in [0.2, 0.25) is 0 Å². The van der Waals surface area contributed by atoms with E-state index in [1.165, 1.54) is 0 Å². The zero-order valence-corrected chi connectivity index (χ0v) is 22.5. The number of hydrogen-bond donors (Lipinski definition) is 3. The van der Waals surface area contributed by atoms with Gasteiger partial charge in [-0.2, -0.15) is 0 Å². The number of carbonyl (C=O) groups is 1. The summed E-state index contributed by atoms with van der Waals surface area (Å²) in [5.41, 5.74) is 4.47.